The number of aromatic nitrogens is 4. The molecule has 0 bridgehead atoms. The highest BCUT2D eigenvalue weighted by Gasteiger charge is 2.20. The van der Waals surface area contributed by atoms with E-state index in [9.17, 15) is 0 Å². The van der Waals surface area contributed by atoms with Crippen LogP contribution < -0.4 is 15.1 Å². The summed E-state index contributed by atoms with van der Waals surface area (Å²) < 4.78 is 0. The first-order chi connectivity index (χ1) is 12.8. The second-order valence-electron chi connectivity index (χ2n) is 5.89. The second-order valence-corrected chi connectivity index (χ2v) is 6.30. The number of rotatable bonds is 4. The van der Waals surface area contributed by atoms with Crippen molar-refractivity contribution in [3.05, 3.63) is 60.1 Å². The molecule has 1 saturated heterocycles. The lowest BCUT2D eigenvalue weighted by molar-refractivity contribution is 0.634. The van der Waals surface area contributed by atoms with Gasteiger partial charge in [-0.1, -0.05) is 23.7 Å². The summed E-state index contributed by atoms with van der Waals surface area (Å²) in [6.07, 6.45) is 5.11. The monoisotopic (exact) mass is 367 g/mol. The minimum Gasteiger partial charge on any atom is -0.353 e. The van der Waals surface area contributed by atoms with Gasteiger partial charge < -0.3 is 15.1 Å². The summed E-state index contributed by atoms with van der Waals surface area (Å²) in [5, 5.41) is 3.90. The zero-order valence-electron chi connectivity index (χ0n) is 14.1. The molecule has 1 aromatic carbocycles. The van der Waals surface area contributed by atoms with Gasteiger partial charge in [0.25, 0.3) is 0 Å². The molecule has 0 spiro atoms. The fraction of sp³-hybridized carbons (Fsp3) is 0.222. The quantitative estimate of drug-likeness (QED) is 0.760. The lowest BCUT2D eigenvalue weighted by Gasteiger charge is -2.35. The molecule has 0 aliphatic carbocycles. The van der Waals surface area contributed by atoms with Gasteiger partial charge >= 0.3 is 0 Å². The van der Waals surface area contributed by atoms with Gasteiger partial charge in [0.15, 0.2) is 0 Å². The zero-order valence-corrected chi connectivity index (χ0v) is 14.8. The summed E-state index contributed by atoms with van der Waals surface area (Å²) in [5.74, 6) is 2.39. The van der Waals surface area contributed by atoms with Crippen LogP contribution in [-0.4, -0.2) is 46.1 Å². The van der Waals surface area contributed by atoms with E-state index in [1.807, 2.05) is 36.4 Å². The highest BCUT2D eigenvalue weighted by atomic mass is 35.5. The Kier molecular flexibility index (Phi) is 4.79. The highest BCUT2D eigenvalue weighted by Crippen LogP contribution is 2.25. The van der Waals surface area contributed by atoms with Crippen molar-refractivity contribution in [1.82, 2.24) is 19.9 Å². The van der Waals surface area contributed by atoms with E-state index in [0.717, 1.165) is 49.5 Å². The van der Waals surface area contributed by atoms with E-state index >= 15 is 0 Å². The number of hydrogen-bond acceptors (Lipinski definition) is 7. The van der Waals surface area contributed by atoms with Gasteiger partial charge in [-0.15, -0.1) is 0 Å². The summed E-state index contributed by atoms with van der Waals surface area (Å²) in [7, 11) is 0. The Balaban J connectivity index is 1.44. The second kappa shape index (κ2) is 7.53. The van der Waals surface area contributed by atoms with Crippen LogP contribution in [0.5, 0.6) is 0 Å². The van der Waals surface area contributed by atoms with Crippen LogP contribution in [0.4, 0.5) is 23.3 Å². The van der Waals surface area contributed by atoms with Crippen molar-refractivity contribution >= 4 is 34.9 Å². The van der Waals surface area contributed by atoms with E-state index in [-0.39, 0.29) is 0 Å². The Labute approximate surface area is 156 Å². The van der Waals surface area contributed by atoms with Gasteiger partial charge in [0.05, 0.1) is 10.7 Å². The Bertz CT molecular complexity index is 866. The Hall–Kier alpha value is -2.93. The third kappa shape index (κ3) is 3.67. The van der Waals surface area contributed by atoms with Crippen LogP contribution in [0.1, 0.15) is 0 Å². The van der Waals surface area contributed by atoms with Gasteiger partial charge in [-0.3, -0.25) is 0 Å². The topological polar surface area (TPSA) is 70.1 Å². The molecule has 0 atom stereocenters. The van der Waals surface area contributed by atoms with Crippen LogP contribution in [0.15, 0.2) is 55.1 Å². The maximum Gasteiger partial charge on any atom is 0.225 e. The predicted molar refractivity (Wildman–Crippen MR) is 103 cm³/mol. The van der Waals surface area contributed by atoms with E-state index in [1.165, 1.54) is 0 Å². The van der Waals surface area contributed by atoms with Crippen molar-refractivity contribution in [2.75, 3.05) is 41.3 Å². The van der Waals surface area contributed by atoms with Gasteiger partial charge in [0, 0.05) is 44.6 Å². The van der Waals surface area contributed by atoms with Crippen molar-refractivity contribution in [1.29, 1.82) is 0 Å². The van der Waals surface area contributed by atoms with E-state index < -0.39 is 0 Å². The third-order valence-electron chi connectivity index (χ3n) is 4.23. The van der Waals surface area contributed by atoms with Crippen LogP contribution in [-0.2, 0) is 0 Å². The first kappa shape index (κ1) is 16.5. The van der Waals surface area contributed by atoms with E-state index in [0.29, 0.717) is 5.02 Å². The zero-order chi connectivity index (χ0) is 17.8. The molecule has 1 N–H and O–H groups in total. The van der Waals surface area contributed by atoms with E-state index in [2.05, 4.69) is 35.1 Å². The first-order valence-corrected chi connectivity index (χ1v) is 8.78. The lowest BCUT2D eigenvalue weighted by Crippen LogP contribution is -2.47. The summed E-state index contributed by atoms with van der Waals surface area (Å²) in [4.78, 5) is 21.8. The summed E-state index contributed by atoms with van der Waals surface area (Å²) in [6.45, 7) is 3.39. The molecule has 132 valence electrons. The molecule has 1 aliphatic heterocycles. The van der Waals surface area contributed by atoms with Gasteiger partial charge in [-0.25, -0.2) is 19.9 Å². The van der Waals surface area contributed by atoms with Crippen molar-refractivity contribution in [2.45, 2.75) is 0 Å². The summed E-state index contributed by atoms with van der Waals surface area (Å²) >= 11 is 6.20. The summed E-state index contributed by atoms with van der Waals surface area (Å²) in [6, 6.07) is 11.4. The molecule has 8 heteroatoms. The molecule has 0 saturated carbocycles. The maximum atomic E-state index is 6.20. The minimum absolute atomic E-state index is 0.657. The number of para-hydroxylation sites is 1. The third-order valence-corrected chi connectivity index (χ3v) is 4.56. The van der Waals surface area contributed by atoms with Crippen molar-refractivity contribution in [2.24, 2.45) is 0 Å². The number of nitrogens with one attached hydrogen (secondary N) is 1. The largest absolute Gasteiger partial charge is 0.353 e. The molecular weight excluding hydrogens is 350 g/mol. The molecule has 7 nitrogen and oxygen atoms in total. The molecule has 1 fully saturated rings. The Morgan fingerprint density at radius 2 is 1.58 bits per heavy atom. The first-order valence-electron chi connectivity index (χ1n) is 8.40. The SMILES string of the molecule is Clc1ccccc1Nc1cc(N2CCN(c3ncccn3)CC2)ncn1. The molecule has 3 heterocycles. The smallest absolute Gasteiger partial charge is 0.225 e. The number of halogens is 1. The van der Waals surface area contributed by atoms with Crippen LogP contribution in [0.3, 0.4) is 0 Å². The molecular formula is C18H18ClN7. The van der Waals surface area contributed by atoms with Gasteiger partial charge in [0.1, 0.15) is 18.0 Å². The fourth-order valence-corrected chi connectivity index (χ4v) is 3.06. The highest BCUT2D eigenvalue weighted by molar-refractivity contribution is 6.33. The Morgan fingerprint density at radius 3 is 2.35 bits per heavy atom. The van der Waals surface area contributed by atoms with Crippen molar-refractivity contribution in [3.8, 4) is 0 Å². The number of nitrogens with zero attached hydrogens (tertiary/aromatic N) is 6. The average Bonchev–Trinajstić information content (AvgIpc) is 2.71. The van der Waals surface area contributed by atoms with Crippen molar-refractivity contribution in [3.63, 3.8) is 0 Å². The van der Waals surface area contributed by atoms with Crippen molar-refractivity contribution < 1.29 is 0 Å². The van der Waals surface area contributed by atoms with E-state index in [4.69, 9.17) is 11.6 Å². The number of piperazine rings is 1. The van der Waals surface area contributed by atoms with Gasteiger partial charge in [-0.2, -0.15) is 0 Å². The van der Waals surface area contributed by atoms with Gasteiger partial charge in [-0.05, 0) is 18.2 Å². The maximum absolute atomic E-state index is 6.20. The van der Waals surface area contributed by atoms with Crippen LogP contribution in [0.2, 0.25) is 5.02 Å². The standard InChI is InChI=1S/C18H18ClN7/c19-14-4-1-2-5-15(14)24-16-12-17(23-13-22-16)25-8-10-26(11-9-25)18-20-6-3-7-21-18/h1-7,12-13H,8-11H2,(H,22,23,24). The lowest BCUT2D eigenvalue weighted by atomic mass is 10.3. The fourth-order valence-electron chi connectivity index (χ4n) is 2.88. The number of hydrogen-bond donors (Lipinski definition) is 1. The molecule has 4 rings (SSSR count). The molecule has 1 aliphatic rings. The molecule has 0 radical (unpaired) electrons. The molecule has 0 unspecified atom stereocenters. The average molecular weight is 368 g/mol. The van der Waals surface area contributed by atoms with E-state index in [1.54, 1.807) is 18.7 Å². The number of benzene rings is 1. The predicted octanol–water partition coefficient (Wildman–Crippen LogP) is 2.99. The molecule has 2 aromatic heterocycles. The molecule has 26 heavy (non-hydrogen) atoms. The van der Waals surface area contributed by atoms with Gasteiger partial charge in [0.2, 0.25) is 5.95 Å². The summed E-state index contributed by atoms with van der Waals surface area (Å²) in [5.41, 5.74) is 0.824. The minimum atomic E-state index is 0.657. The number of anilines is 4. The van der Waals surface area contributed by atoms with Crippen LogP contribution >= 0.6 is 11.6 Å². The normalized spacial score (nSPS) is 14.3. The molecule has 0 amide bonds. The van der Waals surface area contributed by atoms with Crippen LogP contribution in [0.25, 0.3) is 0 Å². The Morgan fingerprint density at radius 1 is 0.846 bits per heavy atom. The molecule has 3 aromatic rings. The van der Waals surface area contributed by atoms with Crippen LogP contribution in [0, 0.1) is 0 Å².